The number of amides is 2. The van der Waals surface area contributed by atoms with Gasteiger partial charge in [-0.3, -0.25) is 9.59 Å². The van der Waals surface area contributed by atoms with E-state index in [0.717, 1.165) is 0 Å². The molecule has 2 atom stereocenters. The van der Waals surface area contributed by atoms with Gasteiger partial charge in [-0.1, -0.05) is 60.1 Å². The fourth-order valence-electron chi connectivity index (χ4n) is 4.18. The number of benzene rings is 3. The summed E-state index contributed by atoms with van der Waals surface area (Å²) in [6, 6.07) is 19.0. The highest BCUT2D eigenvalue weighted by atomic mass is 35.5. The summed E-state index contributed by atoms with van der Waals surface area (Å²) >= 11 is 6.12. The Balaban J connectivity index is 1.88. The van der Waals surface area contributed by atoms with E-state index in [1.54, 1.807) is 54.6 Å². The lowest BCUT2D eigenvalue weighted by molar-refractivity contribution is -0.123. The van der Waals surface area contributed by atoms with Crippen molar-refractivity contribution in [2.45, 2.75) is 24.9 Å². The molecule has 0 bridgehead atoms. The Labute approximate surface area is 179 Å². The lowest BCUT2D eigenvalue weighted by Crippen LogP contribution is -2.43. The smallest absolute Gasteiger partial charge is 0.255 e. The maximum Gasteiger partial charge on any atom is 0.255 e. The summed E-state index contributed by atoms with van der Waals surface area (Å²) in [5, 5.41) is 0.251. The molecule has 2 N–H and O–H groups in total. The maximum absolute atomic E-state index is 14.5. The molecule has 1 aliphatic rings. The monoisotopic (exact) mass is 422 g/mol. The fourth-order valence-corrected chi connectivity index (χ4v) is 4.39. The summed E-state index contributed by atoms with van der Waals surface area (Å²) in [7, 11) is 0. The number of carbonyl (C=O) groups excluding carboxylic acids is 2. The van der Waals surface area contributed by atoms with Gasteiger partial charge >= 0.3 is 0 Å². The van der Waals surface area contributed by atoms with Crippen LogP contribution in [0.1, 0.15) is 45.6 Å². The van der Waals surface area contributed by atoms with Crippen LogP contribution >= 0.6 is 11.6 Å². The van der Waals surface area contributed by atoms with Gasteiger partial charge in [-0.25, -0.2) is 4.39 Å². The summed E-state index contributed by atoms with van der Waals surface area (Å²) in [4.78, 5) is 27.7. The van der Waals surface area contributed by atoms with Crippen LogP contribution in [-0.2, 0) is 11.2 Å². The highest BCUT2D eigenvalue weighted by Crippen LogP contribution is 2.43. The molecule has 3 aromatic carbocycles. The van der Waals surface area contributed by atoms with Crippen molar-refractivity contribution in [3.8, 4) is 0 Å². The van der Waals surface area contributed by atoms with Crippen molar-refractivity contribution >= 4 is 23.4 Å². The second-order valence-corrected chi connectivity index (χ2v) is 7.74. The second-order valence-electron chi connectivity index (χ2n) is 7.30. The first kappa shape index (κ1) is 20.1. The van der Waals surface area contributed by atoms with E-state index in [-0.39, 0.29) is 10.9 Å². The van der Waals surface area contributed by atoms with Crippen molar-refractivity contribution in [2.24, 2.45) is 5.73 Å². The van der Waals surface area contributed by atoms with E-state index in [1.807, 2.05) is 12.1 Å². The molecule has 0 saturated carbocycles. The number of rotatable bonds is 5. The van der Waals surface area contributed by atoms with Gasteiger partial charge in [-0.05, 0) is 53.8 Å². The Morgan fingerprint density at radius 1 is 1.03 bits per heavy atom. The zero-order valence-corrected chi connectivity index (χ0v) is 16.9. The predicted molar refractivity (Wildman–Crippen MR) is 113 cm³/mol. The van der Waals surface area contributed by atoms with Crippen LogP contribution in [0.4, 0.5) is 4.39 Å². The lowest BCUT2D eigenvalue weighted by atomic mass is 9.98. The number of hydrogen-bond donors (Lipinski definition) is 1. The Morgan fingerprint density at radius 3 is 2.30 bits per heavy atom. The molecule has 6 heteroatoms. The van der Waals surface area contributed by atoms with Crippen LogP contribution in [0.15, 0.2) is 72.8 Å². The average Bonchev–Trinajstić information content (AvgIpc) is 3.16. The minimum absolute atomic E-state index is 0.251. The summed E-state index contributed by atoms with van der Waals surface area (Å²) < 4.78 is 14.5. The number of fused-ring (bicyclic) bond motifs is 1. The Hall–Kier alpha value is -3.18. The molecule has 0 aromatic heterocycles. The molecule has 1 unspecified atom stereocenters. The van der Waals surface area contributed by atoms with Crippen molar-refractivity contribution in [2.75, 3.05) is 0 Å². The van der Waals surface area contributed by atoms with Crippen LogP contribution in [0.25, 0.3) is 0 Å². The molecule has 152 valence electrons. The van der Waals surface area contributed by atoms with E-state index >= 15 is 0 Å². The first-order valence-corrected chi connectivity index (χ1v) is 10.0. The van der Waals surface area contributed by atoms with Crippen molar-refractivity contribution < 1.29 is 14.0 Å². The Kier molecular flexibility index (Phi) is 5.55. The van der Waals surface area contributed by atoms with Gasteiger partial charge < -0.3 is 10.6 Å². The zero-order valence-electron chi connectivity index (χ0n) is 16.1. The fraction of sp³-hybridized carbons (Fsp3) is 0.167. The van der Waals surface area contributed by atoms with Crippen LogP contribution in [-0.4, -0.2) is 16.7 Å². The van der Waals surface area contributed by atoms with Gasteiger partial charge in [-0.15, -0.1) is 0 Å². The van der Waals surface area contributed by atoms with Crippen molar-refractivity contribution in [3.63, 3.8) is 0 Å². The third-order valence-electron chi connectivity index (χ3n) is 5.48. The number of nitrogens with two attached hydrogens (primary N) is 1. The molecule has 1 aliphatic carbocycles. The second kappa shape index (κ2) is 8.28. The molecular formula is C24H20ClFN2O2. The van der Waals surface area contributed by atoms with Crippen LogP contribution in [0.2, 0.25) is 5.02 Å². The van der Waals surface area contributed by atoms with E-state index in [1.165, 1.54) is 11.0 Å². The zero-order chi connectivity index (χ0) is 21.3. The summed E-state index contributed by atoms with van der Waals surface area (Å²) in [5.41, 5.74) is 7.97. The molecule has 4 nitrogen and oxygen atoms in total. The van der Waals surface area contributed by atoms with E-state index in [0.29, 0.717) is 35.1 Å². The molecule has 0 fully saturated rings. The van der Waals surface area contributed by atoms with Crippen LogP contribution in [0.3, 0.4) is 0 Å². The van der Waals surface area contributed by atoms with Crippen molar-refractivity contribution in [1.82, 2.24) is 4.90 Å². The predicted octanol–water partition coefficient (Wildman–Crippen LogP) is 4.84. The highest BCUT2D eigenvalue weighted by molar-refractivity contribution is 6.30. The summed E-state index contributed by atoms with van der Waals surface area (Å²) in [6.07, 6.45) is 0.920. The number of primary amides is 1. The number of hydrogen-bond acceptors (Lipinski definition) is 2. The molecule has 3 aromatic rings. The summed E-state index contributed by atoms with van der Waals surface area (Å²) in [6.45, 7) is 0. The number of nitrogens with zero attached hydrogens (tertiary/aromatic N) is 1. The van der Waals surface area contributed by atoms with Gasteiger partial charge in [-0.2, -0.15) is 0 Å². The number of halogens is 2. The molecule has 4 rings (SSSR count). The van der Waals surface area contributed by atoms with Gasteiger partial charge in [0.05, 0.1) is 6.04 Å². The summed E-state index contributed by atoms with van der Waals surface area (Å²) in [5.74, 6) is -1.40. The van der Waals surface area contributed by atoms with Crippen LogP contribution in [0, 0.1) is 5.82 Å². The third-order valence-corrected chi connectivity index (χ3v) is 5.69. The van der Waals surface area contributed by atoms with E-state index < -0.39 is 23.8 Å². The highest BCUT2D eigenvalue weighted by Gasteiger charge is 2.40. The van der Waals surface area contributed by atoms with Gasteiger partial charge in [0.2, 0.25) is 5.91 Å². The third kappa shape index (κ3) is 3.68. The molecule has 0 saturated heterocycles. The molecule has 2 amide bonds. The largest absolute Gasteiger partial charge is 0.368 e. The lowest BCUT2D eigenvalue weighted by Gasteiger charge is -2.36. The quantitative estimate of drug-likeness (QED) is 0.639. The first-order chi connectivity index (χ1) is 14.5. The molecule has 30 heavy (non-hydrogen) atoms. The minimum atomic E-state index is -1.00. The van der Waals surface area contributed by atoms with Crippen molar-refractivity contribution in [1.29, 1.82) is 0 Å². The molecule has 0 heterocycles. The molecule has 0 spiro atoms. The normalized spacial score (nSPS) is 16.0. The molecular weight excluding hydrogens is 403 g/mol. The van der Waals surface area contributed by atoms with Crippen LogP contribution < -0.4 is 5.73 Å². The SMILES string of the molecule is NC(=O)C(c1ccccc1)N(C(=O)c1ccccc1)[C@@H]1CCc2c(F)cc(Cl)cc21. The maximum atomic E-state index is 14.5. The first-order valence-electron chi connectivity index (χ1n) is 9.67. The number of carbonyl (C=O) groups is 2. The van der Waals surface area contributed by atoms with E-state index in [9.17, 15) is 14.0 Å². The standard InChI is InChI=1S/C24H20ClFN2O2/c25-17-13-19-18(20(26)14-17)11-12-21(19)28(24(30)16-9-5-2-6-10-16)22(23(27)29)15-7-3-1-4-8-15/h1-10,13-14,21-22H,11-12H2,(H2,27,29)/t21-,22?/m1/s1. The molecule has 0 radical (unpaired) electrons. The minimum Gasteiger partial charge on any atom is -0.368 e. The Morgan fingerprint density at radius 2 is 1.67 bits per heavy atom. The van der Waals surface area contributed by atoms with Gasteiger partial charge in [0.1, 0.15) is 11.9 Å². The average molecular weight is 423 g/mol. The van der Waals surface area contributed by atoms with Gasteiger partial charge in [0, 0.05) is 10.6 Å². The van der Waals surface area contributed by atoms with Gasteiger partial charge in [0.15, 0.2) is 0 Å². The van der Waals surface area contributed by atoms with Crippen LogP contribution in [0.5, 0.6) is 0 Å². The Bertz CT molecular complexity index is 1090. The van der Waals surface area contributed by atoms with Gasteiger partial charge in [0.25, 0.3) is 5.91 Å². The molecule has 0 aliphatic heterocycles. The van der Waals surface area contributed by atoms with E-state index in [4.69, 9.17) is 17.3 Å². The topological polar surface area (TPSA) is 63.4 Å². The van der Waals surface area contributed by atoms with E-state index in [2.05, 4.69) is 0 Å². The van der Waals surface area contributed by atoms with Crippen molar-refractivity contribution in [3.05, 3.63) is 106 Å².